The summed E-state index contributed by atoms with van der Waals surface area (Å²) in [7, 11) is 0. The number of rotatable bonds is 2. The van der Waals surface area contributed by atoms with E-state index in [1.165, 1.54) is 19.3 Å². The summed E-state index contributed by atoms with van der Waals surface area (Å²) in [6.45, 7) is 3.93. The van der Waals surface area contributed by atoms with Crippen molar-refractivity contribution >= 4 is 18.3 Å². The van der Waals surface area contributed by atoms with Crippen molar-refractivity contribution in [2.75, 3.05) is 13.1 Å². The van der Waals surface area contributed by atoms with Gasteiger partial charge in [0.15, 0.2) is 0 Å². The Labute approximate surface area is 91.4 Å². The van der Waals surface area contributed by atoms with Gasteiger partial charge in [0.25, 0.3) is 0 Å². The summed E-state index contributed by atoms with van der Waals surface area (Å²) < 4.78 is 0. The lowest BCUT2D eigenvalue weighted by Crippen LogP contribution is -2.31. The summed E-state index contributed by atoms with van der Waals surface area (Å²) in [5, 5.41) is 6.37. The van der Waals surface area contributed by atoms with Crippen LogP contribution >= 0.6 is 12.4 Å². The second kappa shape index (κ2) is 4.99. The minimum Gasteiger partial charge on any atom is -0.353 e. The molecule has 1 saturated carbocycles. The van der Waals surface area contributed by atoms with Crippen molar-refractivity contribution in [1.82, 2.24) is 10.6 Å². The van der Waals surface area contributed by atoms with Gasteiger partial charge in [0, 0.05) is 13.0 Å². The lowest BCUT2D eigenvalue weighted by Gasteiger charge is -2.22. The summed E-state index contributed by atoms with van der Waals surface area (Å²) >= 11 is 0. The molecule has 82 valence electrons. The van der Waals surface area contributed by atoms with Gasteiger partial charge in [0.2, 0.25) is 5.91 Å². The summed E-state index contributed by atoms with van der Waals surface area (Å²) in [4.78, 5) is 10.8. The molecule has 0 spiro atoms. The zero-order valence-electron chi connectivity index (χ0n) is 8.58. The highest BCUT2D eigenvalue weighted by Gasteiger charge is 2.43. The number of hydrogen-bond donors (Lipinski definition) is 2. The number of hydrogen-bond acceptors (Lipinski definition) is 2. The molecule has 0 unspecified atom stereocenters. The molecule has 0 aromatic carbocycles. The van der Waals surface area contributed by atoms with Crippen molar-refractivity contribution in [3.8, 4) is 0 Å². The first-order chi connectivity index (χ1) is 6.27. The quantitative estimate of drug-likeness (QED) is 0.724. The summed E-state index contributed by atoms with van der Waals surface area (Å²) in [5.74, 6) is 1.77. The molecule has 0 bridgehead atoms. The van der Waals surface area contributed by atoms with Gasteiger partial charge in [0.1, 0.15) is 0 Å². The number of carbonyl (C=O) groups is 1. The molecule has 14 heavy (non-hydrogen) atoms. The van der Waals surface area contributed by atoms with Gasteiger partial charge in [-0.25, -0.2) is 0 Å². The molecule has 2 N–H and O–H groups in total. The average molecular weight is 219 g/mol. The van der Waals surface area contributed by atoms with Crippen LogP contribution in [0.15, 0.2) is 0 Å². The van der Waals surface area contributed by atoms with E-state index in [-0.39, 0.29) is 18.3 Å². The fourth-order valence-corrected chi connectivity index (χ4v) is 2.44. The fourth-order valence-electron chi connectivity index (χ4n) is 2.44. The van der Waals surface area contributed by atoms with Gasteiger partial charge in [-0.3, -0.25) is 4.79 Å². The van der Waals surface area contributed by atoms with Crippen LogP contribution in [0.5, 0.6) is 0 Å². The second-order valence-corrected chi connectivity index (χ2v) is 4.29. The number of piperidine rings is 1. The molecular weight excluding hydrogens is 200 g/mol. The summed E-state index contributed by atoms with van der Waals surface area (Å²) in [6, 6.07) is 0.501. The van der Waals surface area contributed by atoms with Gasteiger partial charge in [0.05, 0.1) is 0 Å². The number of nitrogens with one attached hydrogen (secondary N) is 2. The molecule has 2 aliphatic rings. The van der Waals surface area contributed by atoms with E-state index in [2.05, 4.69) is 10.6 Å². The maximum absolute atomic E-state index is 10.8. The Morgan fingerprint density at radius 3 is 2.57 bits per heavy atom. The van der Waals surface area contributed by atoms with E-state index in [4.69, 9.17) is 0 Å². The van der Waals surface area contributed by atoms with Crippen LogP contribution in [0.4, 0.5) is 0 Å². The highest BCUT2D eigenvalue weighted by molar-refractivity contribution is 5.85. The number of carbonyl (C=O) groups excluding carboxylic acids is 1. The zero-order chi connectivity index (χ0) is 9.26. The van der Waals surface area contributed by atoms with Crippen LogP contribution in [0.25, 0.3) is 0 Å². The summed E-state index contributed by atoms with van der Waals surface area (Å²) in [6.07, 6.45) is 3.80. The predicted octanol–water partition coefficient (Wildman–Crippen LogP) is 0.932. The summed E-state index contributed by atoms with van der Waals surface area (Å²) in [5.41, 5.74) is 0. The molecule has 1 aliphatic carbocycles. The predicted molar refractivity (Wildman–Crippen MR) is 58.6 cm³/mol. The Hall–Kier alpha value is -0.280. The molecule has 2 fully saturated rings. The standard InChI is InChI=1S/C10H18N2O.ClH/c1-7(13)12-10-6-9(10)8-2-4-11-5-3-8;/h8-11H,2-6H2,1H3,(H,12,13);1H/t9-,10+;/m0./s1. The van der Waals surface area contributed by atoms with Crippen molar-refractivity contribution in [3.05, 3.63) is 0 Å². The van der Waals surface area contributed by atoms with Gasteiger partial charge >= 0.3 is 0 Å². The van der Waals surface area contributed by atoms with Gasteiger partial charge < -0.3 is 10.6 Å². The Kier molecular flexibility index (Phi) is 4.20. The Balaban J connectivity index is 0.000000980. The monoisotopic (exact) mass is 218 g/mol. The highest BCUT2D eigenvalue weighted by Crippen LogP contribution is 2.41. The maximum Gasteiger partial charge on any atom is 0.217 e. The van der Waals surface area contributed by atoms with Gasteiger partial charge in [-0.05, 0) is 44.2 Å². The van der Waals surface area contributed by atoms with Crippen LogP contribution in [-0.2, 0) is 4.79 Å². The number of halogens is 1. The Morgan fingerprint density at radius 1 is 1.36 bits per heavy atom. The van der Waals surface area contributed by atoms with Crippen molar-refractivity contribution in [2.45, 2.75) is 32.2 Å². The van der Waals surface area contributed by atoms with Gasteiger partial charge in [-0.15, -0.1) is 12.4 Å². The van der Waals surface area contributed by atoms with E-state index >= 15 is 0 Å². The molecule has 1 aliphatic heterocycles. The molecule has 0 aromatic heterocycles. The average Bonchev–Trinajstić information content (AvgIpc) is 2.84. The van der Waals surface area contributed by atoms with Crippen molar-refractivity contribution in [2.24, 2.45) is 11.8 Å². The lowest BCUT2D eigenvalue weighted by molar-refractivity contribution is -0.119. The number of amides is 1. The van der Waals surface area contributed by atoms with Crippen LogP contribution in [0.1, 0.15) is 26.2 Å². The van der Waals surface area contributed by atoms with Crippen molar-refractivity contribution in [1.29, 1.82) is 0 Å². The van der Waals surface area contributed by atoms with Crippen molar-refractivity contribution in [3.63, 3.8) is 0 Å². The molecule has 0 radical (unpaired) electrons. The third-order valence-electron chi connectivity index (χ3n) is 3.22. The van der Waals surface area contributed by atoms with E-state index in [1.54, 1.807) is 6.92 Å². The first kappa shape index (κ1) is 11.8. The Bertz CT molecular complexity index is 204. The minimum atomic E-state index is 0. The molecule has 2 atom stereocenters. The molecule has 4 heteroatoms. The third kappa shape index (κ3) is 2.85. The highest BCUT2D eigenvalue weighted by atomic mass is 35.5. The van der Waals surface area contributed by atoms with Crippen LogP contribution in [0.2, 0.25) is 0 Å². The van der Waals surface area contributed by atoms with E-state index in [9.17, 15) is 4.79 Å². The van der Waals surface area contributed by atoms with Crippen molar-refractivity contribution < 1.29 is 4.79 Å². The zero-order valence-corrected chi connectivity index (χ0v) is 9.40. The molecule has 0 aromatic rings. The SMILES string of the molecule is CC(=O)N[C@@H]1C[C@H]1C1CCNCC1.Cl. The molecular formula is C10H19ClN2O. The second-order valence-electron chi connectivity index (χ2n) is 4.29. The normalized spacial score (nSPS) is 31.8. The van der Waals surface area contributed by atoms with Crippen LogP contribution in [0.3, 0.4) is 0 Å². The molecule has 1 saturated heterocycles. The smallest absolute Gasteiger partial charge is 0.217 e. The van der Waals surface area contributed by atoms with Gasteiger partial charge in [-0.1, -0.05) is 0 Å². The lowest BCUT2D eigenvalue weighted by atomic mass is 9.93. The first-order valence-electron chi connectivity index (χ1n) is 5.25. The topological polar surface area (TPSA) is 41.1 Å². The van der Waals surface area contributed by atoms with E-state index in [0.29, 0.717) is 6.04 Å². The molecule has 1 heterocycles. The minimum absolute atomic E-state index is 0. The van der Waals surface area contributed by atoms with E-state index < -0.39 is 0 Å². The van der Waals surface area contributed by atoms with Crippen LogP contribution in [-0.4, -0.2) is 25.0 Å². The molecule has 3 nitrogen and oxygen atoms in total. The Morgan fingerprint density at radius 2 is 2.00 bits per heavy atom. The fraction of sp³-hybridized carbons (Fsp3) is 0.900. The molecule has 1 amide bonds. The first-order valence-corrected chi connectivity index (χ1v) is 5.25. The van der Waals surface area contributed by atoms with Gasteiger partial charge in [-0.2, -0.15) is 0 Å². The van der Waals surface area contributed by atoms with Crippen LogP contribution in [0, 0.1) is 11.8 Å². The van der Waals surface area contributed by atoms with E-state index in [1.807, 2.05) is 0 Å². The third-order valence-corrected chi connectivity index (χ3v) is 3.22. The van der Waals surface area contributed by atoms with E-state index in [0.717, 1.165) is 24.9 Å². The largest absolute Gasteiger partial charge is 0.353 e. The maximum atomic E-state index is 10.8. The molecule has 2 rings (SSSR count). The van der Waals surface area contributed by atoms with Crippen LogP contribution < -0.4 is 10.6 Å².